The smallest absolute Gasteiger partial charge is 0.261 e. The Labute approximate surface area is 143 Å². The zero-order valence-corrected chi connectivity index (χ0v) is 14.8. The second-order valence-electron chi connectivity index (χ2n) is 5.83. The SMILES string of the molecule is CCOc1cccc(CNC(=O)[C@@H](C)Oc2ccc(C)cc2C)c1. The predicted molar refractivity (Wildman–Crippen MR) is 95.5 cm³/mol. The minimum atomic E-state index is -0.554. The van der Waals surface area contributed by atoms with Crippen LogP contribution >= 0.6 is 0 Å². The maximum absolute atomic E-state index is 12.2. The van der Waals surface area contributed by atoms with Gasteiger partial charge in [-0.05, 0) is 57.0 Å². The predicted octanol–water partition coefficient (Wildman–Crippen LogP) is 3.79. The highest BCUT2D eigenvalue weighted by Gasteiger charge is 2.15. The lowest BCUT2D eigenvalue weighted by atomic mass is 10.1. The lowest BCUT2D eigenvalue weighted by Gasteiger charge is -2.16. The van der Waals surface area contributed by atoms with Crippen molar-refractivity contribution < 1.29 is 14.3 Å². The number of benzene rings is 2. The Morgan fingerprint density at radius 2 is 1.96 bits per heavy atom. The van der Waals surface area contributed by atoms with E-state index in [0.29, 0.717) is 13.2 Å². The first kappa shape index (κ1) is 17.9. The molecule has 1 amide bonds. The first-order chi connectivity index (χ1) is 11.5. The number of hydrogen-bond donors (Lipinski definition) is 1. The van der Waals surface area contributed by atoms with E-state index in [2.05, 4.69) is 5.32 Å². The highest BCUT2D eigenvalue weighted by Crippen LogP contribution is 2.20. The van der Waals surface area contributed by atoms with Crippen LogP contribution in [-0.4, -0.2) is 18.6 Å². The average molecular weight is 327 g/mol. The van der Waals surface area contributed by atoms with Gasteiger partial charge in [-0.25, -0.2) is 0 Å². The van der Waals surface area contributed by atoms with E-state index in [9.17, 15) is 4.79 Å². The number of carbonyl (C=O) groups excluding carboxylic acids is 1. The summed E-state index contributed by atoms with van der Waals surface area (Å²) in [7, 11) is 0. The van der Waals surface area contributed by atoms with Gasteiger partial charge in [-0.15, -0.1) is 0 Å². The molecule has 2 aromatic carbocycles. The van der Waals surface area contributed by atoms with Crippen molar-refractivity contribution in [3.8, 4) is 11.5 Å². The number of amides is 1. The van der Waals surface area contributed by atoms with Gasteiger partial charge < -0.3 is 14.8 Å². The van der Waals surface area contributed by atoms with Crippen molar-refractivity contribution in [1.82, 2.24) is 5.32 Å². The number of carbonyl (C=O) groups is 1. The van der Waals surface area contributed by atoms with Crippen LogP contribution in [0.25, 0.3) is 0 Å². The monoisotopic (exact) mass is 327 g/mol. The van der Waals surface area contributed by atoms with Crippen LogP contribution in [-0.2, 0) is 11.3 Å². The minimum absolute atomic E-state index is 0.142. The van der Waals surface area contributed by atoms with Crippen molar-refractivity contribution in [2.24, 2.45) is 0 Å². The molecular weight excluding hydrogens is 302 g/mol. The molecule has 24 heavy (non-hydrogen) atoms. The van der Waals surface area contributed by atoms with Gasteiger partial charge in [-0.2, -0.15) is 0 Å². The molecule has 0 saturated carbocycles. The van der Waals surface area contributed by atoms with Crippen LogP contribution in [0.3, 0.4) is 0 Å². The maximum atomic E-state index is 12.2. The first-order valence-corrected chi connectivity index (χ1v) is 8.23. The molecule has 0 spiro atoms. The molecule has 4 heteroatoms. The normalized spacial score (nSPS) is 11.7. The van der Waals surface area contributed by atoms with Gasteiger partial charge in [0.25, 0.3) is 5.91 Å². The summed E-state index contributed by atoms with van der Waals surface area (Å²) in [5.74, 6) is 1.40. The van der Waals surface area contributed by atoms with E-state index >= 15 is 0 Å². The lowest BCUT2D eigenvalue weighted by Crippen LogP contribution is -2.36. The van der Waals surface area contributed by atoms with E-state index in [1.807, 2.05) is 63.2 Å². The van der Waals surface area contributed by atoms with Crippen LogP contribution in [0.5, 0.6) is 11.5 Å². The van der Waals surface area contributed by atoms with Gasteiger partial charge in [-0.1, -0.05) is 29.8 Å². The highest BCUT2D eigenvalue weighted by molar-refractivity contribution is 5.80. The summed E-state index contributed by atoms with van der Waals surface area (Å²) in [5, 5.41) is 2.90. The summed E-state index contributed by atoms with van der Waals surface area (Å²) in [6.07, 6.45) is -0.554. The molecule has 0 aromatic heterocycles. The van der Waals surface area contributed by atoms with Crippen LogP contribution in [0.2, 0.25) is 0 Å². The second kappa shape index (κ2) is 8.39. The Hall–Kier alpha value is -2.49. The third-order valence-electron chi connectivity index (χ3n) is 3.68. The Bertz CT molecular complexity index is 697. The molecule has 1 N–H and O–H groups in total. The zero-order valence-electron chi connectivity index (χ0n) is 14.8. The van der Waals surface area contributed by atoms with Gasteiger partial charge in [0, 0.05) is 6.54 Å². The molecule has 0 heterocycles. The maximum Gasteiger partial charge on any atom is 0.261 e. The number of aryl methyl sites for hydroxylation is 2. The summed E-state index contributed by atoms with van der Waals surface area (Å²) in [5.41, 5.74) is 3.19. The standard InChI is InChI=1S/C20H25NO3/c1-5-23-18-8-6-7-17(12-18)13-21-20(22)16(4)24-19-10-9-14(2)11-15(19)3/h6-12,16H,5,13H2,1-4H3,(H,21,22)/t16-/m1/s1. The molecule has 0 aliphatic rings. The number of hydrogen-bond acceptors (Lipinski definition) is 3. The van der Waals surface area contributed by atoms with Gasteiger partial charge in [0.1, 0.15) is 11.5 Å². The van der Waals surface area contributed by atoms with E-state index in [4.69, 9.17) is 9.47 Å². The topological polar surface area (TPSA) is 47.6 Å². The summed E-state index contributed by atoms with van der Waals surface area (Å²) >= 11 is 0. The fourth-order valence-corrected chi connectivity index (χ4v) is 2.42. The molecule has 0 aliphatic heterocycles. The Kier molecular flexibility index (Phi) is 6.24. The van der Waals surface area contributed by atoms with Crippen molar-refractivity contribution in [2.45, 2.75) is 40.3 Å². The Balaban J connectivity index is 1.90. The number of rotatable bonds is 7. The third-order valence-corrected chi connectivity index (χ3v) is 3.68. The van der Waals surface area contributed by atoms with Gasteiger partial charge in [0.05, 0.1) is 6.61 Å². The van der Waals surface area contributed by atoms with E-state index in [1.54, 1.807) is 6.92 Å². The van der Waals surface area contributed by atoms with Crippen LogP contribution in [0.4, 0.5) is 0 Å². The van der Waals surface area contributed by atoms with E-state index in [-0.39, 0.29) is 5.91 Å². The van der Waals surface area contributed by atoms with Crippen molar-refractivity contribution in [2.75, 3.05) is 6.61 Å². The fourth-order valence-electron chi connectivity index (χ4n) is 2.42. The molecule has 0 radical (unpaired) electrons. The molecule has 2 aromatic rings. The van der Waals surface area contributed by atoms with Crippen molar-refractivity contribution in [3.63, 3.8) is 0 Å². The molecule has 0 aliphatic carbocycles. The lowest BCUT2D eigenvalue weighted by molar-refractivity contribution is -0.127. The molecule has 2 rings (SSSR count). The molecule has 0 saturated heterocycles. The average Bonchev–Trinajstić information content (AvgIpc) is 2.56. The van der Waals surface area contributed by atoms with Crippen molar-refractivity contribution >= 4 is 5.91 Å². The Morgan fingerprint density at radius 3 is 2.67 bits per heavy atom. The van der Waals surface area contributed by atoms with Gasteiger partial charge in [-0.3, -0.25) is 4.79 Å². The molecule has 0 bridgehead atoms. The van der Waals surface area contributed by atoms with Crippen molar-refractivity contribution in [1.29, 1.82) is 0 Å². The van der Waals surface area contributed by atoms with Crippen molar-refractivity contribution in [3.05, 3.63) is 59.2 Å². The summed E-state index contributed by atoms with van der Waals surface area (Å²) in [6, 6.07) is 13.6. The van der Waals surface area contributed by atoms with Crippen LogP contribution in [0.15, 0.2) is 42.5 Å². The minimum Gasteiger partial charge on any atom is -0.494 e. The van der Waals surface area contributed by atoms with E-state index in [0.717, 1.165) is 22.6 Å². The van der Waals surface area contributed by atoms with Crippen LogP contribution < -0.4 is 14.8 Å². The summed E-state index contributed by atoms with van der Waals surface area (Å²) in [6.45, 7) is 8.78. The molecule has 0 unspecified atom stereocenters. The molecule has 128 valence electrons. The number of nitrogens with one attached hydrogen (secondary N) is 1. The number of ether oxygens (including phenoxy) is 2. The van der Waals surface area contributed by atoms with Gasteiger partial charge in [0.15, 0.2) is 6.10 Å². The largest absolute Gasteiger partial charge is 0.494 e. The molecule has 0 fully saturated rings. The highest BCUT2D eigenvalue weighted by atomic mass is 16.5. The van der Waals surface area contributed by atoms with Crippen LogP contribution in [0, 0.1) is 13.8 Å². The molecule has 4 nitrogen and oxygen atoms in total. The zero-order chi connectivity index (χ0) is 17.5. The molecular formula is C20H25NO3. The third kappa shape index (κ3) is 5.01. The van der Waals surface area contributed by atoms with E-state index in [1.165, 1.54) is 5.56 Å². The second-order valence-corrected chi connectivity index (χ2v) is 5.83. The molecule has 1 atom stereocenters. The van der Waals surface area contributed by atoms with Gasteiger partial charge >= 0.3 is 0 Å². The Morgan fingerprint density at radius 1 is 1.17 bits per heavy atom. The quantitative estimate of drug-likeness (QED) is 0.842. The summed E-state index contributed by atoms with van der Waals surface area (Å²) < 4.78 is 11.2. The summed E-state index contributed by atoms with van der Waals surface area (Å²) in [4.78, 5) is 12.2. The van der Waals surface area contributed by atoms with Crippen LogP contribution in [0.1, 0.15) is 30.5 Å². The van der Waals surface area contributed by atoms with Gasteiger partial charge in [0.2, 0.25) is 0 Å². The fraction of sp³-hybridized carbons (Fsp3) is 0.350. The first-order valence-electron chi connectivity index (χ1n) is 8.23. The van der Waals surface area contributed by atoms with E-state index < -0.39 is 6.10 Å².